The SMILES string of the molecule is CC(C)C(CNC(=O)COC(c1ccccc1)c1ccccc1)N1CCOCC1. The van der Waals surface area contributed by atoms with Gasteiger partial charge in [0.1, 0.15) is 12.7 Å². The molecule has 1 aliphatic rings. The molecular formula is C24H32N2O3. The number of amides is 1. The number of hydrogen-bond acceptors (Lipinski definition) is 4. The van der Waals surface area contributed by atoms with Crippen LogP contribution in [0.1, 0.15) is 31.1 Å². The Kier molecular flexibility index (Phi) is 8.23. The van der Waals surface area contributed by atoms with E-state index in [1.54, 1.807) is 0 Å². The zero-order valence-electron chi connectivity index (χ0n) is 17.4. The number of ether oxygens (including phenoxy) is 2. The van der Waals surface area contributed by atoms with Gasteiger partial charge in [-0.2, -0.15) is 0 Å². The zero-order chi connectivity index (χ0) is 20.5. The summed E-state index contributed by atoms with van der Waals surface area (Å²) in [5, 5.41) is 3.07. The molecule has 1 amide bonds. The Balaban J connectivity index is 1.57. The standard InChI is InChI=1S/C24H32N2O3/c1-19(2)22(26-13-15-28-16-14-26)17-25-23(27)18-29-24(20-9-5-3-6-10-20)21-11-7-4-8-12-21/h3-12,19,22,24H,13-18H2,1-2H3,(H,25,27). The largest absolute Gasteiger partial charge is 0.379 e. The first-order chi connectivity index (χ1) is 14.1. The van der Waals surface area contributed by atoms with Crippen molar-refractivity contribution in [2.24, 2.45) is 5.92 Å². The number of benzene rings is 2. The Morgan fingerprint density at radius 1 is 1.00 bits per heavy atom. The third-order valence-corrected chi connectivity index (χ3v) is 5.38. The van der Waals surface area contributed by atoms with E-state index >= 15 is 0 Å². The number of carbonyl (C=O) groups excluding carboxylic acids is 1. The molecule has 29 heavy (non-hydrogen) atoms. The summed E-state index contributed by atoms with van der Waals surface area (Å²) >= 11 is 0. The summed E-state index contributed by atoms with van der Waals surface area (Å²) in [5.41, 5.74) is 2.08. The summed E-state index contributed by atoms with van der Waals surface area (Å²) in [6.07, 6.45) is -0.261. The van der Waals surface area contributed by atoms with Crippen LogP contribution in [0.15, 0.2) is 60.7 Å². The predicted molar refractivity (Wildman–Crippen MR) is 115 cm³/mol. The number of carbonyl (C=O) groups is 1. The Morgan fingerprint density at radius 3 is 2.07 bits per heavy atom. The predicted octanol–water partition coefficient (Wildman–Crippen LogP) is 3.27. The molecule has 3 rings (SSSR count). The Bertz CT molecular complexity index is 691. The molecule has 0 radical (unpaired) electrons. The molecule has 5 nitrogen and oxygen atoms in total. The average molecular weight is 397 g/mol. The fourth-order valence-electron chi connectivity index (χ4n) is 3.76. The van der Waals surface area contributed by atoms with Crippen molar-refractivity contribution in [2.75, 3.05) is 39.5 Å². The molecule has 1 aliphatic heterocycles. The van der Waals surface area contributed by atoms with E-state index in [0.717, 1.165) is 37.4 Å². The zero-order valence-corrected chi connectivity index (χ0v) is 17.4. The molecule has 1 fully saturated rings. The van der Waals surface area contributed by atoms with E-state index < -0.39 is 0 Å². The van der Waals surface area contributed by atoms with Gasteiger partial charge in [-0.15, -0.1) is 0 Å². The maximum atomic E-state index is 12.5. The molecule has 2 aromatic carbocycles. The van der Waals surface area contributed by atoms with Crippen LogP contribution in [0.5, 0.6) is 0 Å². The van der Waals surface area contributed by atoms with Crippen molar-refractivity contribution in [1.82, 2.24) is 10.2 Å². The first-order valence-electron chi connectivity index (χ1n) is 10.4. The van der Waals surface area contributed by atoms with Gasteiger partial charge >= 0.3 is 0 Å². The molecule has 0 aromatic heterocycles. The van der Waals surface area contributed by atoms with Crippen LogP contribution in [0.2, 0.25) is 0 Å². The summed E-state index contributed by atoms with van der Waals surface area (Å²) < 4.78 is 11.5. The normalized spacial score (nSPS) is 16.1. The second-order valence-electron chi connectivity index (χ2n) is 7.78. The van der Waals surface area contributed by atoms with Gasteiger partial charge in [0.25, 0.3) is 0 Å². The molecule has 5 heteroatoms. The van der Waals surface area contributed by atoms with Gasteiger partial charge in [-0.1, -0.05) is 74.5 Å². The summed E-state index contributed by atoms with van der Waals surface area (Å²) in [7, 11) is 0. The van der Waals surface area contributed by atoms with Crippen molar-refractivity contribution >= 4 is 5.91 Å². The second kappa shape index (κ2) is 11.1. The highest BCUT2D eigenvalue weighted by Crippen LogP contribution is 2.25. The lowest BCUT2D eigenvalue weighted by molar-refractivity contribution is -0.127. The Labute approximate surface area is 174 Å². The van der Waals surface area contributed by atoms with Crippen LogP contribution in [0.3, 0.4) is 0 Å². The van der Waals surface area contributed by atoms with E-state index in [9.17, 15) is 4.79 Å². The van der Waals surface area contributed by atoms with Crippen LogP contribution in [0.25, 0.3) is 0 Å². The molecule has 1 N–H and O–H groups in total. The van der Waals surface area contributed by atoms with Crippen LogP contribution in [-0.2, 0) is 14.3 Å². The van der Waals surface area contributed by atoms with Crippen molar-refractivity contribution in [2.45, 2.75) is 26.0 Å². The Hall–Kier alpha value is -2.21. The van der Waals surface area contributed by atoms with Gasteiger partial charge < -0.3 is 14.8 Å². The van der Waals surface area contributed by atoms with Crippen molar-refractivity contribution in [3.8, 4) is 0 Å². The first-order valence-corrected chi connectivity index (χ1v) is 10.4. The van der Waals surface area contributed by atoms with Crippen molar-refractivity contribution in [3.05, 3.63) is 71.8 Å². The lowest BCUT2D eigenvalue weighted by Gasteiger charge is -2.36. The number of hydrogen-bond donors (Lipinski definition) is 1. The summed E-state index contributed by atoms with van der Waals surface area (Å²) in [6.45, 7) is 8.40. The van der Waals surface area contributed by atoms with Gasteiger partial charge in [0.05, 0.1) is 13.2 Å². The molecule has 0 saturated carbocycles. The molecule has 0 spiro atoms. The van der Waals surface area contributed by atoms with E-state index in [0.29, 0.717) is 18.5 Å². The monoisotopic (exact) mass is 396 g/mol. The fourth-order valence-corrected chi connectivity index (χ4v) is 3.76. The topological polar surface area (TPSA) is 50.8 Å². The van der Waals surface area contributed by atoms with Crippen molar-refractivity contribution in [1.29, 1.82) is 0 Å². The van der Waals surface area contributed by atoms with Gasteiger partial charge in [0, 0.05) is 25.7 Å². The highest BCUT2D eigenvalue weighted by molar-refractivity contribution is 5.77. The first kappa shape index (κ1) is 21.5. The summed E-state index contributed by atoms with van der Waals surface area (Å²) in [6, 6.07) is 20.4. The van der Waals surface area contributed by atoms with Crippen LogP contribution < -0.4 is 5.32 Å². The number of nitrogens with one attached hydrogen (secondary N) is 1. The number of morpholine rings is 1. The van der Waals surface area contributed by atoms with Crippen LogP contribution in [-0.4, -0.2) is 56.3 Å². The van der Waals surface area contributed by atoms with Crippen molar-refractivity contribution < 1.29 is 14.3 Å². The second-order valence-corrected chi connectivity index (χ2v) is 7.78. The number of nitrogens with zero attached hydrogens (tertiary/aromatic N) is 1. The lowest BCUT2D eigenvalue weighted by atomic mass is 10.0. The summed E-state index contributed by atoms with van der Waals surface area (Å²) in [4.78, 5) is 14.9. The average Bonchev–Trinajstić information content (AvgIpc) is 2.76. The number of rotatable bonds is 9. The maximum absolute atomic E-state index is 12.5. The van der Waals surface area contributed by atoms with Gasteiger partial charge in [-0.05, 0) is 17.0 Å². The Morgan fingerprint density at radius 2 is 1.55 bits per heavy atom. The van der Waals surface area contributed by atoms with Gasteiger partial charge in [0.15, 0.2) is 0 Å². The fraction of sp³-hybridized carbons (Fsp3) is 0.458. The van der Waals surface area contributed by atoms with Crippen LogP contribution >= 0.6 is 0 Å². The molecule has 1 unspecified atom stereocenters. The molecule has 1 atom stereocenters. The van der Waals surface area contributed by atoms with Crippen LogP contribution in [0.4, 0.5) is 0 Å². The highest BCUT2D eigenvalue weighted by Gasteiger charge is 2.24. The van der Waals surface area contributed by atoms with Crippen LogP contribution in [0, 0.1) is 5.92 Å². The van der Waals surface area contributed by atoms with Gasteiger partial charge in [0.2, 0.25) is 5.91 Å². The third-order valence-electron chi connectivity index (χ3n) is 5.38. The molecule has 0 aliphatic carbocycles. The molecule has 0 bridgehead atoms. The molecule has 156 valence electrons. The lowest BCUT2D eigenvalue weighted by Crippen LogP contribution is -2.51. The third kappa shape index (κ3) is 6.39. The van der Waals surface area contributed by atoms with Gasteiger partial charge in [-0.25, -0.2) is 0 Å². The van der Waals surface area contributed by atoms with E-state index in [4.69, 9.17) is 9.47 Å². The smallest absolute Gasteiger partial charge is 0.246 e. The van der Waals surface area contributed by atoms with Gasteiger partial charge in [-0.3, -0.25) is 9.69 Å². The maximum Gasteiger partial charge on any atom is 0.246 e. The quantitative estimate of drug-likeness (QED) is 0.707. The van der Waals surface area contributed by atoms with E-state index in [-0.39, 0.29) is 18.6 Å². The minimum Gasteiger partial charge on any atom is -0.379 e. The molecule has 1 heterocycles. The highest BCUT2D eigenvalue weighted by atomic mass is 16.5. The van der Waals surface area contributed by atoms with E-state index in [1.807, 2.05) is 60.7 Å². The molecule has 1 saturated heterocycles. The van der Waals surface area contributed by atoms with E-state index in [2.05, 4.69) is 24.1 Å². The van der Waals surface area contributed by atoms with Crippen molar-refractivity contribution in [3.63, 3.8) is 0 Å². The molecular weight excluding hydrogens is 364 g/mol. The minimum atomic E-state index is -0.261. The summed E-state index contributed by atoms with van der Waals surface area (Å²) in [5.74, 6) is 0.372. The minimum absolute atomic E-state index is 0.0301. The molecule has 2 aromatic rings. The van der Waals surface area contributed by atoms with E-state index in [1.165, 1.54) is 0 Å².